The van der Waals surface area contributed by atoms with Crippen molar-refractivity contribution in [2.45, 2.75) is 32.0 Å². The minimum Gasteiger partial charge on any atom is -0.493 e. The van der Waals surface area contributed by atoms with Crippen molar-refractivity contribution >= 4 is 28.6 Å². The highest BCUT2D eigenvalue weighted by atomic mass is 19.4. The van der Waals surface area contributed by atoms with Gasteiger partial charge in [-0.25, -0.2) is 4.98 Å². The average Bonchev–Trinajstić information content (AvgIpc) is 2.99. The zero-order valence-electron chi connectivity index (χ0n) is 23.4. The summed E-state index contributed by atoms with van der Waals surface area (Å²) in [6.45, 7) is 1.16. The summed E-state index contributed by atoms with van der Waals surface area (Å²) in [4.78, 5) is 25.0. The smallest absolute Gasteiger partial charge is 0.416 e. The molecule has 220 valence electrons. The Morgan fingerprint density at radius 1 is 0.952 bits per heavy atom. The van der Waals surface area contributed by atoms with Gasteiger partial charge in [0.05, 0.1) is 30.7 Å². The van der Waals surface area contributed by atoms with Gasteiger partial charge < -0.3 is 25.4 Å². The summed E-state index contributed by atoms with van der Waals surface area (Å²) in [5.41, 5.74) is 7.11. The van der Waals surface area contributed by atoms with Crippen molar-refractivity contribution in [1.29, 1.82) is 0 Å². The minimum atomic E-state index is -4.41. The molecule has 1 aliphatic heterocycles. The second-order valence-corrected chi connectivity index (χ2v) is 10.4. The molecule has 0 atom stereocenters. The number of fused-ring (bicyclic) bond motifs is 1. The maximum atomic E-state index is 13.7. The van der Waals surface area contributed by atoms with Crippen LogP contribution in [0.25, 0.3) is 10.9 Å². The van der Waals surface area contributed by atoms with Crippen molar-refractivity contribution in [3.63, 3.8) is 0 Å². The Hall–Kier alpha value is -4.54. The predicted octanol–water partition coefficient (Wildman–Crippen LogP) is 5.39. The number of methoxy groups -OCH3 is 2. The Labute approximate surface area is 241 Å². The first kappa shape index (κ1) is 29.0. The SMILES string of the molecule is COc1cc2nc(N3CCC(Cc4ccccc4)(C(=O)NCc4ccc(C(F)(F)F)cc4)CC3)nc(N)c2cc1OC. The molecule has 11 heteroatoms. The van der Waals surface area contributed by atoms with Crippen molar-refractivity contribution in [3.05, 3.63) is 83.4 Å². The molecular weight excluding hydrogens is 547 g/mol. The number of amides is 1. The summed E-state index contributed by atoms with van der Waals surface area (Å²) in [7, 11) is 3.10. The summed E-state index contributed by atoms with van der Waals surface area (Å²) in [5, 5.41) is 3.63. The number of piperidine rings is 1. The van der Waals surface area contributed by atoms with Crippen LogP contribution in [0.5, 0.6) is 11.5 Å². The highest BCUT2D eigenvalue weighted by Crippen LogP contribution is 2.38. The van der Waals surface area contributed by atoms with Crippen molar-refractivity contribution < 1.29 is 27.4 Å². The van der Waals surface area contributed by atoms with E-state index in [0.717, 1.165) is 17.7 Å². The number of anilines is 2. The Morgan fingerprint density at radius 3 is 2.21 bits per heavy atom. The normalized spacial score (nSPS) is 14.9. The van der Waals surface area contributed by atoms with Crippen LogP contribution in [0.3, 0.4) is 0 Å². The first-order chi connectivity index (χ1) is 20.1. The average molecular weight is 580 g/mol. The standard InChI is InChI=1S/C31H32F3N5O3/c1-41-25-16-23-24(17-26(25)42-2)37-29(38-27(23)35)39-14-12-30(13-15-39,18-20-6-4-3-5-7-20)28(40)36-19-21-8-10-22(11-9-21)31(32,33)34/h3-11,16-17H,12-15,18-19H2,1-2H3,(H,36,40)(H2,35,37,38). The number of nitrogen functional groups attached to an aromatic ring is 1. The van der Waals surface area contributed by atoms with E-state index in [1.54, 1.807) is 26.4 Å². The van der Waals surface area contributed by atoms with Crippen LogP contribution < -0.4 is 25.4 Å². The van der Waals surface area contributed by atoms with E-state index in [0.29, 0.717) is 72.1 Å². The summed E-state index contributed by atoms with van der Waals surface area (Å²) in [6.07, 6.45) is -2.84. The number of nitrogens with zero attached hydrogens (tertiary/aromatic N) is 3. The summed E-state index contributed by atoms with van der Waals surface area (Å²) < 4.78 is 49.7. The first-order valence-electron chi connectivity index (χ1n) is 13.5. The van der Waals surface area contributed by atoms with Crippen molar-refractivity contribution in [2.75, 3.05) is 37.9 Å². The molecule has 42 heavy (non-hydrogen) atoms. The molecular formula is C31H32F3N5O3. The third-order valence-electron chi connectivity index (χ3n) is 7.82. The second-order valence-electron chi connectivity index (χ2n) is 10.4. The topological polar surface area (TPSA) is 103 Å². The van der Waals surface area contributed by atoms with Crippen LogP contribution >= 0.6 is 0 Å². The number of benzene rings is 3. The molecule has 0 bridgehead atoms. The molecule has 1 aliphatic rings. The molecule has 3 aromatic carbocycles. The number of nitrogens with one attached hydrogen (secondary N) is 1. The van der Waals surface area contributed by atoms with Crippen LogP contribution in [0.2, 0.25) is 0 Å². The molecule has 0 unspecified atom stereocenters. The van der Waals surface area contributed by atoms with Crippen LogP contribution in [0.1, 0.15) is 29.5 Å². The van der Waals surface area contributed by atoms with Crippen molar-refractivity contribution in [3.8, 4) is 11.5 Å². The molecule has 3 N–H and O–H groups in total. The fourth-order valence-electron chi connectivity index (χ4n) is 5.39. The minimum absolute atomic E-state index is 0.132. The number of hydrogen-bond acceptors (Lipinski definition) is 7. The number of carbonyl (C=O) groups excluding carboxylic acids is 1. The van der Waals surface area contributed by atoms with Gasteiger partial charge in [0, 0.05) is 31.1 Å². The van der Waals surface area contributed by atoms with Crippen LogP contribution in [0, 0.1) is 5.41 Å². The molecule has 1 saturated heterocycles. The number of carbonyl (C=O) groups is 1. The lowest BCUT2D eigenvalue weighted by molar-refractivity contribution is -0.137. The van der Waals surface area contributed by atoms with Gasteiger partial charge in [-0.1, -0.05) is 42.5 Å². The van der Waals surface area contributed by atoms with Crippen LogP contribution in [0.4, 0.5) is 24.9 Å². The maximum absolute atomic E-state index is 13.7. The van der Waals surface area contributed by atoms with Gasteiger partial charge in [-0.3, -0.25) is 4.79 Å². The number of hydrogen-bond donors (Lipinski definition) is 2. The first-order valence-corrected chi connectivity index (χ1v) is 13.5. The van der Waals surface area contributed by atoms with E-state index in [2.05, 4.69) is 10.3 Å². The van der Waals surface area contributed by atoms with Crippen LogP contribution in [-0.2, 0) is 23.9 Å². The Morgan fingerprint density at radius 2 is 1.60 bits per heavy atom. The monoisotopic (exact) mass is 579 g/mol. The van der Waals surface area contributed by atoms with Gasteiger partial charge in [0.1, 0.15) is 5.82 Å². The zero-order chi connectivity index (χ0) is 29.9. The molecule has 8 nitrogen and oxygen atoms in total. The summed E-state index contributed by atoms with van der Waals surface area (Å²) >= 11 is 0. The van der Waals surface area contributed by atoms with Crippen LogP contribution in [0.15, 0.2) is 66.7 Å². The summed E-state index contributed by atoms with van der Waals surface area (Å²) in [6, 6.07) is 18.1. The van der Waals surface area contributed by atoms with Crippen LogP contribution in [-0.4, -0.2) is 43.2 Å². The van der Waals surface area contributed by atoms with Crippen molar-refractivity contribution in [2.24, 2.45) is 5.41 Å². The third kappa shape index (κ3) is 6.05. The molecule has 0 aliphatic carbocycles. The van der Waals surface area contributed by atoms with E-state index in [1.165, 1.54) is 12.1 Å². The molecule has 0 radical (unpaired) electrons. The summed E-state index contributed by atoms with van der Waals surface area (Å²) in [5.74, 6) is 1.69. The maximum Gasteiger partial charge on any atom is 0.416 e. The van der Waals surface area contributed by atoms with E-state index >= 15 is 0 Å². The lowest BCUT2D eigenvalue weighted by Gasteiger charge is -2.41. The van der Waals surface area contributed by atoms with E-state index in [-0.39, 0.29) is 12.5 Å². The predicted molar refractivity (Wildman–Crippen MR) is 154 cm³/mol. The molecule has 1 fully saturated rings. The van der Waals surface area contributed by atoms with Crippen molar-refractivity contribution in [1.82, 2.24) is 15.3 Å². The van der Waals surface area contributed by atoms with E-state index in [1.807, 2.05) is 35.2 Å². The molecule has 0 spiro atoms. The molecule has 1 aromatic heterocycles. The highest BCUT2D eigenvalue weighted by molar-refractivity contribution is 5.92. The molecule has 2 heterocycles. The van der Waals surface area contributed by atoms with E-state index in [9.17, 15) is 18.0 Å². The quantitative estimate of drug-likeness (QED) is 0.288. The van der Waals surface area contributed by atoms with Gasteiger partial charge in [0.15, 0.2) is 11.5 Å². The van der Waals surface area contributed by atoms with E-state index < -0.39 is 17.2 Å². The fourth-order valence-corrected chi connectivity index (χ4v) is 5.39. The Kier molecular flexibility index (Phi) is 8.11. The molecule has 4 aromatic rings. The second kappa shape index (κ2) is 11.8. The fraction of sp³-hybridized carbons (Fsp3) is 0.323. The van der Waals surface area contributed by atoms with Gasteiger partial charge in [-0.05, 0) is 48.6 Å². The molecule has 0 saturated carbocycles. The highest BCUT2D eigenvalue weighted by Gasteiger charge is 2.42. The lowest BCUT2D eigenvalue weighted by atomic mass is 9.73. The number of rotatable bonds is 8. The number of nitrogens with two attached hydrogens (primary N) is 1. The zero-order valence-corrected chi connectivity index (χ0v) is 23.4. The number of aromatic nitrogens is 2. The molecule has 1 amide bonds. The number of halogens is 3. The lowest BCUT2D eigenvalue weighted by Crippen LogP contribution is -2.50. The molecule has 5 rings (SSSR count). The largest absolute Gasteiger partial charge is 0.493 e. The van der Waals surface area contributed by atoms with Gasteiger partial charge in [-0.2, -0.15) is 18.2 Å². The number of ether oxygens (including phenoxy) is 2. The number of alkyl halides is 3. The third-order valence-corrected chi connectivity index (χ3v) is 7.82. The van der Waals surface area contributed by atoms with Gasteiger partial charge >= 0.3 is 6.18 Å². The van der Waals surface area contributed by atoms with Gasteiger partial charge in [0.25, 0.3) is 0 Å². The van der Waals surface area contributed by atoms with Gasteiger partial charge in [-0.15, -0.1) is 0 Å². The van der Waals surface area contributed by atoms with Gasteiger partial charge in [0.2, 0.25) is 11.9 Å². The Bertz CT molecular complexity index is 1550. The Balaban J connectivity index is 1.35. The van der Waals surface area contributed by atoms with E-state index in [4.69, 9.17) is 20.2 Å².